The largest absolute Gasteiger partial charge is 0.507 e. The summed E-state index contributed by atoms with van der Waals surface area (Å²) < 4.78 is 24.6. The maximum Gasteiger partial charge on any atom is 0.175 e. The van der Waals surface area contributed by atoms with E-state index in [1.54, 1.807) is 6.07 Å². The highest BCUT2D eigenvalue weighted by atomic mass is 32.2. The number of sulfone groups is 1. The Morgan fingerprint density at radius 2 is 1.52 bits per heavy atom. The molecule has 0 fully saturated rings. The molecule has 0 saturated heterocycles. The molecule has 4 nitrogen and oxygen atoms in total. The van der Waals surface area contributed by atoms with Gasteiger partial charge in [0.25, 0.3) is 0 Å². The zero-order valence-corrected chi connectivity index (χ0v) is 19.3. The van der Waals surface area contributed by atoms with E-state index in [2.05, 4.69) is 6.92 Å². The number of unbranched alkanes of at least 4 members (excludes halogenated alkanes) is 3. The molecule has 0 aromatic heterocycles. The van der Waals surface area contributed by atoms with Crippen molar-refractivity contribution < 1.29 is 18.6 Å². The lowest BCUT2D eigenvalue weighted by Gasteiger charge is -2.24. The van der Waals surface area contributed by atoms with E-state index in [9.17, 15) is 18.6 Å². The number of phenols is 2. The molecule has 160 valence electrons. The fourth-order valence-electron chi connectivity index (χ4n) is 3.59. The van der Waals surface area contributed by atoms with E-state index in [1.165, 1.54) is 12.1 Å². The summed E-state index contributed by atoms with van der Waals surface area (Å²) in [6, 6.07) is 6.77. The number of benzene rings is 2. The molecule has 5 heteroatoms. The summed E-state index contributed by atoms with van der Waals surface area (Å²) in [5, 5.41) is 22.0. The maximum absolute atomic E-state index is 12.3. The third-order valence-corrected chi connectivity index (χ3v) is 6.33. The van der Waals surface area contributed by atoms with Gasteiger partial charge in [-0.25, -0.2) is 8.42 Å². The predicted octanol–water partition coefficient (Wildman–Crippen LogP) is 5.90. The van der Waals surface area contributed by atoms with Crippen LogP contribution in [-0.2, 0) is 21.7 Å². The molecule has 2 N–H and O–H groups in total. The Hall–Kier alpha value is -2.01. The van der Waals surface area contributed by atoms with Crippen LogP contribution in [0.2, 0.25) is 0 Å². The molecule has 0 saturated carbocycles. The summed E-state index contributed by atoms with van der Waals surface area (Å²) in [6.45, 7) is 9.88. The minimum atomic E-state index is -3.48. The minimum Gasteiger partial charge on any atom is -0.507 e. The second kappa shape index (κ2) is 8.78. The van der Waals surface area contributed by atoms with Gasteiger partial charge in [-0.1, -0.05) is 53.0 Å². The lowest BCUT2D eigenvalue weighted by molar-refractivity contribution is 0.445. The Balaban J connectivity index is 2.69. The molecule has 0 aliphatic heterocycles. The Bertz CT molecular complexity index is 983. The van der Waals surface area contributed by atoms with Crippen LogP contribution in [0.3, 0.4) is 0 Å². The Morgan fingerprint density at radius 3 is 2.07 bits per heavy atom. The predicted molar refractivity (Wildman–Crippen MR) is 120 cm³/mol. The molecule has 0 aliphatic rings. The van der Waals surface area contributed by atoms with Crippen molar-refractivity contribution in [1.82, 2.24) is 0 Å². The van der Waals surface area contributed by atoms with Gasteiger partial charge in [-0.15, -0.1) is 0 Å². The van der Waals surface area contributed by atoms with Crippen LogP contribution in [0.25, 0.3) is 11.1 Å². The monoisotopic (exact) mass is 418 g/mol. The summed E-state index contributed by atoms with van der Waals surface area (Å²) in [5.41, 5.74) is 2.71. The third-order valence-electron chi connectivity index (χ3n) is 5.24. The highest BCUT2D eigenvalue weighted by Crippen LogP contribution is 2.44. The fraction of sp³-hybridized carbons (Fsp3) is 0.500. The van der Waals surface area contributed by atoms with Gasteiger partial charge in [-0.2, -0.15) is 0 Å². The first-order chi connectivity index (χ1) is 13.4. The molecular formula is C24H34O4S. The summed E-state index contributed by atoms with van der Waals surface area (Å²) >= 11 is 0. The fourth-order valence-corrected chi connectivity index (χ4v) is 4.25. The van der Waals surface area contributed by atoms with Crippen molar-refractivity contribution in [1.29, 1.82) is 0 Å². The third kappa shape index (κ3) is 5.53. The van der Waals surface area contributed by atoms with Crippen molar-refractivity contribution in [2.24, 2.45) is 0 Å². The number of hydrogen-bond acceptors (Lipinski definition) is 4. The van der Waals surface area contributed by atoms with Crippen molar-refractivity contribution in [3.8, 4) is 22.6 Å². The van der Waals surface area contributed by atoms with Crippen LogP contribution >= 0.6 is 0 Å². The van der Waals surface area contributed by atoms with Gasteiger partial charge in [0.1, 0.15) is 11.5 Å². The Labute approximate surface area is 175 Å². The lowest BCUT2D eigenvalue weighted by atomic mass is 9.83. The van der Waals surface area contributed by atoms with Crippen LogP contribution in [0.4, 0.5) is 0 Å². The Morgan fingerprint density at radius 1 is 0.897 bits per heavy atom. The molecule has 0 atom stereocenters. The molecule has 0 unspecified atom stereocenters. The smallest absolute Gasteiger partial charge is 0.175 e. The first-order valence-corrected chi connectivity index (χ1v) is 12.2. The second-order valence-corrected chi connectivity index (χ2v) is 11.0. The van der Waals surface area contributed by atoms with E-state index in [1.807, 2.05) is 33.8 Å². The molecule has 0 bridgehead atoms. The molecular weight excluding hydrogens is 384 g/mol. The van der Waals surface area contributed by atoms with Gasteiger partial charge in [-0.05, 0) is 54.5 Å². The van der Waals surface area contributed by atoms with Crippen molar-refractivity contribution in [3.63, 3.8) is 0 Å². The highest BCUT2D eigenvalue weighted by Gasteiger charge is 2.26. The second-order valence-electron chi connectivity index (χ2n) is 9.02. The standard InChI is InChI=1S/C24H34O4S/c1-7-8-9-10-11-17-12-16(2)13-19(22(17)25)20-14-18(29(6,27)28)15-21(23(20)26)24(3,4)5/h12-15,25-26H,7-11H2,1-6H3. The van der Waals surface area contributed by atoms with E-state index in [4.69, 9.17) is 0 Å². The number of hydrogen-bond donors (Lipinski definition) is 2. The van der Waals surface area contributed by atoms with Crippen LogP contribution in [0.1, 0.15) is 70.1 Å². The molecule has 0 heterocycles. The lowest BCUT2D eigenvalue weighted by Crippen LogP contribution is -2.13. The van der Waals surface area contributed by atoms with Gasteiger partial charge >= 0.3 is 0 Å². The topological polar surface area (TPSA) is 74.6 Å². The van der Waals surface area contributed by atoms with Gasteiger partial charge in [-0.3, -0.25) is 0 Å². The summed E-state index contributed by atoms with van der Waals surface area (Å²) in [5.74, 6) is 0.135. The molecule has 2 rings (SSSR count). The zero-order chi connectivity index (χ0) is 22.0. The summed E-state index contributed by atoms with van der Waals surface area (Å²) in [4.78, 5) is 0.139. The SMILES string of the molecule is CCCCCCc1cc(C)cc(-c2cc(S(C)(=O)=O)cc(C(C)(C)C)c2O)c1O. The summed E-state index contributed by atoms with van der Waals surface area (Å²) in [7, 11) is -3.48. The van der Waals surface area contributed by atoms with Crippen molar-refractivity contribution >= 4 is 9.84 Å². The zero-order valence-electron chi connectivity index (χ0n) is 18.5. The Kier molecular flexibility index (Phi) is 7.05. The summed E-state index contributed by atoms with van der Waals surface area (Å²) in [6.07, 6.45) is 6.29. The van der Waals surface area contributed by atoms with Crippen LogP contribution in [0, 0.1) is 6.92 Å². The molecule has 2 aromatic carbocycles. The minimum absolute atomic E-state index is 0.0164. The van der Waals surface area contributed by atoms with Crippen LogP contribution in [-0.4, -0.2) is 24.9 Å². The van der Waals surface area contributed by atoms with Gasteiger partial charge < -0.3 is 10.2 Å². The molecule has 0 radical (unpaired) electrons. The van der Waals surface area contributed by atoms with Gasteiger partial charge in [0, 0.05) is 22.9 Å². The van der Waals surface area contributed by atoms with Crippen molar-refractivity contribution in [2.75, 3.05) is 6.26 Å². The number of aromatic hydroxyl groups is 2. The van der Waals surface area contributed by atoms with Gasteiger partial charge in [0.05, 0.1) is 4.90 Å². The van der Waals surface area contributed by atoms with E-state index in [-0.39, 0.29) is 16.4 Å². The maximum atomic E-state index is 12.3. The first-order valence-electron chi connectivity index (χ1n) is 10.3. The average molecular weight is 419 g/mol. The molecule has 29 heavy (non-hydrogen) atoms. The van der Waals surface area contributed by atoms with E-state index >= 15 is 0 Å². The van der Waals surface area contributed by atoms with Crippen LogP contribution in [0.5, 0.6) is 11.5 Å². The molecule has 0 amide bonds. The normalized spacial score (nSPS) is 12.3. The van der Waals surface area contributed by atoms with Gasteiger partial charge in [0.2, 0.25) is 0 Å². The average Bonchev–Trinajstić information content (AvgIpc) is 2.59. The quantitative estimate of drug-likeness (QED) is 0.549. The molecule has 0 spiro atoms. The highest BCUT2D eigenvalue weighted by molar-refractivity contribution is 7.90. The van der Waals surface area contributed by atoms with E-state index in [0.717, 1.165) is 49.5 Å². The van der Waals surface area contributed by atoms with Crippen molar-refractivity contribution in [2.45, 2.75) is 77.0 Å². The number of aryl methyl sites for hydroxylation is 2. The van der Waals surface area contributed by atoms with E-state index < -0.39 is 15.3 Å². The van der Waals surface area contributed by atoms with Crippen LogP contribution in [0.15, 0.2) is 29.2 Å². The van der Waals surface area contributed by atoms with Crippen molar-refractivity contribution in [3.05, 3.63) is 41.0 Å². The molecule has 0 aliphatic carbocycles. The van der Waals surface area contributed by atoms with E-state index in [0.29, 0.717) is 16.7 Å². The van der Waals surface area contributed by atoms with Crippen LogP contribution < -0.4 is 0 Å². The number of phenolic OH excluding ortho intramolecular Hbond substituents is 2. The first kappa shape index (κ1) is 23.3. The van der Waals surface area contributed by atoms with Gasteiger partial charge in [0.15, 0.2) is 9.84 Å². The molecule has 2 aromatic rings. The number of rotatable bonds is 7.